The Morgan fingerprint density at radius 2 is 2.09 bits per heavy atom. The Bertz CT molecular complexity index is 567. The van der Waals surface area contributed by atoms with Crippen molar-refractivity contribution in [2.75, 3.05) is 38.0 Å². The summed E-state index contributed by atoms with van der Waals surface area (Å²) in [6, 6.07) is 7.01. The molecule has 2 atom stereocenters. The van der Waals surface area contributed by atoms with Crippen LogP contribution < -0.4 is 16.3 Å². The highest BCUT2D eigenvalue weighted by Crippen LogP contribution is 2.29. The number of hydrazine groups is 1. The standard InChI is InChI=1S/C15H20FN5O/c16-5-6-19-21(17)14-4-2-1-3-13(14)15(22)20-9-11-7-18-8-12(11)10-20/h1-4,6,11-12,18H,5,7-10,17H2. The van der Waals surface area contributed by atoms with Gasteiger partial charge in [0.15, 0.2) is 0 Å². The summed E-state index contributed by atoms with van der Waals surface area (Å²) >= 11 is 0. The van der Waals surface area contributed by atoms with Crippen molar-refractivity contribution in [2.45, 2.75) is 0 Å². The van der Waals surface area contributed by atoms with E-state index in [-0.39, 0.29) is 5.91 Å². The van der Waals surface area contributed by atoms with Gasteiger partial charge in [-0.05, 0) is 24.0 Å². The molecule has 22 heavy (non-hydrogen) atoms. The highest BCUT2D eigenvalue weighted by atomic mass is 19.1. The van der Waals surface area contributed by atoms with Gasteiger partial charge in [-0.3, -0.25) is 4.79 Å². The summed E-state index contributed by atoms with van der Waals surface area (Å²) < 4.78 is 12.2. The van der Waals surface area contributed by atoms with Gasteiger partial charge in [-0.1, -0.05) is 12.1 Å². The van der Waals surface area contributed by atoms with Gasteiger partial charge in [-0.25, -0.2) is 10.2 Å². The lowest BCUT2D eigenvalue weighted by molar-refractivity contribution is 0.0782. The molecule has 2 heterocycles. The van der Waals surface area contributed by atoms with Gasteiger partial charge in [0.1, 0.15) is 6.67 Å². The highest BCUT2D eigenvalue weighted by molar-refractivity contribution is 6.00. The number of fused-ring (bicyclic) bond motifs is 1. The van der Waals surface area contributed by atoms with Crippen LogP contribution in [0.5, 0.6) is 0 Å². The van der Waals surface area contributed by atoms with E-state index in [0.29, 0.717) is 23.1 Å². The molecule has 0 aromatic heterocycles. The third-order valence-electron chi connectivity index (χ3n) is 4.33. The first-order chi connectivity index (χ1) is 10.7. The minimum atomic E-state index is -0.702. The summed E-state index contributed by atoms with van der Waals surface area (Å²) in [5, 5.41) is 8.17. The van der Waals surface area contributed by atoms with E-state index in [0.717, 1.165) is 37.5 Å². The zero-order chi connectivity index (χ0) is 15.5. The molecule has 1 aromatic carbocycles. The molecule has 6 nitrogen and oxygen atoms in total. The SMILES string of the molecule is NN(N=CCF)c1ccccc1C(=O)N1CC2CNCC2C1. The molecule has 0 radical (unpaired) electrons. The number of amides is 1. The van der Waals surface area contributed by atoms with Crippen molar-refractivity contribution in [3.8, 4) is 0 Å². The maximum Gasteiger partial charge on any atom is 0.256 e. The van der Waals surface area contributed by atoms with Crippen LogP contribution in [0.15, 0.2) is 29.4 Å². The van der Waals surface area contributed by atoms with E-state index in [9.17, 15) is 9.18 Å². The minimum Gasteiger partial charge on any atom is -0.338 e. The van der Waals surface area contributed by atoms with E-state index in [2.05, 4.69) is 10.4 Å². The van der Waals surface area contributed by atoms with E-state index < -0.39 is 6.67 Å². The molecule has 3 N–H and O–H groups in total. The Labute approximate surface area is 128 Å². The average Bonchev–Trinajstić information content (AvgIpc) is 3.13. The van der Waals surface area contributed by atoms with Gasteiger partial charge in [-0.15, -0.1) is 0 Å². The third-order valence-corrected chi connectivity index (χ3v) is 4.33. The minimum absolute atomic E-state index is 0.0455. The van der Waals surface area contributed by atoms with Gasteiger partial charge in [-0.2, -0.15) is 10.2 Å². The Morgan fingerprint density at radius 1 is 1.41 bits per heavy atom. The molecule has 2 aliphatic rings. The molecule has 2 unspecified atom stereocenters. The first kappa shape index (κ1) is 14.9. The van der Waals surface area contributed by atoms with Crippen LogP contribution in [-0.4, -0.2) is 49.9 Å². The summed E-state index contributed by atoms with van der Waals surface area (Å²) in [6.07, 6.45) is 1.06. The number of carbonyl (C=O) groups is 1. The van der Waals surface area contributed by atoms with Gasteiger partial charge in [0.05, 0.1) is 17.5 Å². The maximum atomic E-state index is 12.8. The van der Waals surface area contributed by atoms with Crippen LogP contribution in [-0.2, 0) is 0 Å². The Kier molecular flexibility index (Phi) is 4.35. The highest BCUT2D eigenvalue weighted by Gasteiger charge is 2.38. The van der Waals surface area contributed by atoms with Crippen molar-refractivity contribution in [2.24, 2.45) is 22.8 Å². The number of benzene rings is 1. The number of hydrogen-bond acceptors (Lipinski definition) is 5. The first-order valence-corrected chi connectivity index (χ1v) is 7.43. The van der Waals surface area contributed by atoms with Crippen LogP contribution in [0.3, 0.4) is 0 Å². The number of rotatable bonds is 4. The van der Waals surface area contributed by atoms with Crippen LogP contribution in [0.25, 0.3) is 0 Å². The molecule has 118 valence electrons. The molecule has 7 heteroatoms. The van der Waals surface area contributed by atoms with Crippen molar-refractivity contribution < 1.29 is 9.18 Å². The summed E-state index contributed by atoms with van der Waals surface area (Å²) in [4.78, 5) is 14.7. The molecule has 0 aliphatic carbocycles. The van der Waals surface area contributed by atoms with Gasteiger partial charge < -0.3 is 10.2 Å². The van der Waals surface area contributed by atoms with E-state index in [1.165, 1.54) is 0 Å². The third kappa shape index (κ3) is 2.82. The molecular formula is C15H20FN5O. The fourth-order valence-electron chi connectivity index (χ4n) is 3.23. The summed E-state index contributed by atoms with van der Waals surface area (Å²) in [5.41, 5.74) is 0.973. The molecule has 0 bridgehead atoms. The molecule has 2 aliphatic heterocycles. The summed E-state index contributed by atoms with van der Waals surface area (Å²) in [5.74, 6) is 6.83. The van der Waals surface area contributed by atoms with Crippen molar-refractivity contribution >= 4 is 17.8 Å². The second-order valence-electron chi connectivity index (χ2n) is 5.70. The predicted molar refractivity (Wildman–Crippen MR) is 83.3 cm³/mol. The number of halogens is 1. The topological polar surface area (TPSA) is 74.0 Å². The van der Waals surface area contributed by atoms with Gasteiger partial charge >= 0.3 is 0 Å². The number of carbonyl (C=O) groups excluding carboxylic acids is 1. The number of hydrogen-bond donors (Lipinski definition) is 2. The number of likely N-dealkylation sites (tertiary alicyclic amines) is 1. The number of nitrogens with one attached hydrogen (secondary N) is 1. The maximum absolute atomic E-state index is 12.8. The Balaban J connectivity index is 1.79. The number of para-hydroxylation sites is 1. The predicted octanol–water partition coefficient (Wildman–Crippen LogP) is 0.613. The van der Waals surface area contributed by atoms with Gasteiger partial charge in [0.25, 0.3) is 5.91 Å². The number of anilines is 1. The smallest absolute Gasteiger partial charge is 0.256 e. The van der Waals surface area contributed by atoms with Crippen molar-refractivity contribution in [3.63, 3.8) is 0 Å². The Morgan fingerprint density at radius 3 is 2.77 bits per heavy atom. The molecule has 1 amide bonds. The summed E-state index contributed by atoms with van der Waals surface area (Å²) in [7, 11) is 0. The largest absolute Gasteiger partial charge is 0.338 e. The molecule has 0 spiro atoms. The lowest BCUT2D eigenvalue weighted by atomic mass is 10.0. The van der Waals surface area contributed by atoms with Crippen molar-refractivity contribution in [1.82, 2.24) is 10.2 Å². The molecule has 1 aromatic rings. The lowest BCUT2D eigenvalue weighted by Crippen LogP contribution is -2.34. The van der Waals surface area contributed by atoms with E-state index in [4.69, 9.17) is 5.84 Å². The molecule has 2 fully saturated rings. The van der Waals surface area contributed by atoms with Crippen LogP contribution in [0, 0.1) is 11.8 Å². The fraction of sp³-hybridized carbons (Fsp3) is 0.467. The van der Waals surface area contributed by atoms with Crippen molar-refractivity contribution in [3.05, 3.63) is 29.8 Å². The quantitative estimate of drug-likeness (QED) is 0.486. The number of nitrogens with two attached hydrogens (primary N) is 1. The second-order valence-corrected chi connectivity index (χ2v) is 5.70. The van der Waals surface area contributed by atoms with Gasteiger partial charge in [0, 0.05) is 26.2 Å². The Hall–Kier alpha value is -1.99. The molecule has 3 rings (SSSR count). The number of hydrazone groups is 1. The molecular weight excluding hydrogens is 285 g/mol. The van der Waals surface area contributed by atoms with E-state index in [1.807, 2.05) is 4.90 Å². The zero-order valence-corrected chi connectivity index (χ0v) is 12.3. The molecule has 0 saturated carbocycles. The van der Waals surface area contributed by atoms with Crippen molar-refractivity contribution in [1.29, 1.82) is 0 Å². The first-order valence-electron chi connectivity index (χ1n) is 7.43. The van der Waals surface area contributed by atoms with Crippen LogP contribution in [0.2, 0.25) is 0 Å². The summed E-state index contributed by atoms with van der Waals surface area (Å²) in [6.45, 7) is 2.78. The van der Waals surface area contributed by atoms with Gasteiger partial charge in [0.2, 0.25) is 0 Å². The number of nitrogens with zero attached hydrogens (tertiary/aromatic N) is 3. The monoisotopic (exact) mass is 305 g/mol. The van der Waals surface area contributed by atoms with Crippen LogP contribution in [0.1, 0.15) is 10.4 Å². The van der Waals surface area contributed by atoms with E-state index >= 15 is 0 Å². The molecule has 2 saturated heterocycles. The van der Waals surface area contributed by atoms with Crippen LogP contribution in [0.4, 0.5) is 10.1 Å². The lowest BCUT2D eigenvalue weighted by Gasteiger charge is -2.21. The van der Waals surface area contributed by atoms with E-state index in [1.54, 1.807) is 24.3 Å². The second kappa shape index (κ2) is 6.41. The number of alkyl halides is 1. The zero-order valence-electron chi connectivity index (χ0n) is 12.3. The fourth-order valence-corrected chi connectivity index (χ4v) is 3.23. The average molecular weight is 305 g/mol. The normalized spacial score (nSPS) is 24.0. The van der Waals surface area contributed by atoms with Crippen LogP contribution >= 0.6 is 0 Å².